The second-order valence-electron chi connectivity index (χ2n) is 7.43. The number of rotatable bonds is 5. The summed E-state index contributed by atoms with van der Waals surface area (Å²) in [5.41, 5.74) is 1.74. The summed E-state index contributed by atoms with van der Waals surface area (Å²) in [5.74, 6) is 0.369. The molecule has 2 nitrogen and oxygen atoms in total. The number of hydrogen-bond acceptors (Lipinski definition) is 2. The van der Waals surface area contributed by atoms with E-state index in [1.165, 1.54) is 0 Å². The molecule has 0 spiro atoms. The standard InChI is InChI=1S/C21H22ClFN2/c1-21(2,23)11-16-13-25(14-16)20(17-6-8-19(22)9-7-17)18-5-3-4-15(10-18)12-24/h3-10,16,20H,11,13-14H2,1-2H3. The van der Waals surface area contributed by atoms with E-state index in [-0.39, 0.29) is 6.04 Å². The van der Waals surface area contributed by atoms with Crippen molar-refractivity contribution in [3.63, 3.8) is 0 Å². The van der Waals surface area contributed by atoms with Crippen LogP contribution in [-0.2, 0) is 0 Å². The van der Waals surface area contributed by atoms with E-state index in [1.807, 2.05) is 48.5 Å². The van der Waals surface area contributed by atoms with Gasteiger partial charge in [-0.3, -0.25) is 4.90 Å². The number of alkyl halides is 1. The van der Waals surface area contributed by atoms with Crippen molar-refractivity contribution in [3.8, 4) is 6.07 Å². The molecule has 1 atom stereocenters. The zero-order chi connectivity index (χ0) is 18.0. The highest BCUT2D eigenvalue weighted by Crippen LogP contribution is 2.37. The fraction of sp³-hybridized carbons (Fsp3) is 0.381. The first-order valence-electron chi connectivity index (χ1n) is 8.54. The zero-order valence-corrected chi connectivity index (χ0v) is 15.3. The van der Waals surface area contributed by atoms with E-state index < -0.39 is 5.67 Å². The molecule has 4 heteroatoms. The first-order valence-corrected chi connectivity index (χ1v) is 8.92. The van der Waals surface area contributed by atoms with Gasteiger partial charge in [0, 0.05) is 18.1 Å². The van der Waals surface area contributed by atoms with Crippen LogP contribution in [-0.4, -0.2) is 23.7 Å². The van der Waals surface area contributed by atoms with Gasteiger partial charge in [-0.25, -0.2) is 4.39 Å². The Morgan fingerprint density at radius 3 is 2.48 bits per heavy atom. The van der Waals surface area contributed by atoms with E-state index in [0.29, 0.717) is 22.9 Å². The first kappa shape index (κ1) is 17.9. The topological polar surface area (TPSA) is 27.0 Å². The maximum Gasteiger partial charge on any atom is 0.105 e. The van der Waals surface area contributed by atoms with Crippen molar-refractivity contribution < 1.29 is 4.39 Å². The van der Waals surface area contributed by atoms with E-state index in [9.17, 15) is 9.65 Å². The van der Waals surface area contributed by atoms with Crippen molar-refractivity contribution in [1.29, 1.82) is 5.26 Å². The maximum absolute atomic E-state index is 13.9. The van der Waals surface area contributed by atoms with Gasteiger partial charge in [0.1, 0.15) is 5.67 Å². The number of likely N-dealkylation sites (tertiary alicyclic amines) is 1. The molecule has 1 aliphatic heterocycles. The van der Waals surface area contributed by atoms with Crippen molar-refractivity contribution in [2.45, 2.75) is 32.0 Å². The fourth-order valence-corrected chi connectivity index (χ4v) is 3.80. The summed E-state index contributed by atoms with van der Waals surface area (Å²) >= 11 is 6.03. The van der Waals surface area contributed by atoms with Crippen molar-refractivity contribution in [2.24, 2.45) is 5.92 Å². The minimum Gasteiger partial charge on any atom is -0.292 e. The molecule has 2 aromatic carbocycles. The predicted molar refractivity (Wildman–Crippen MR) is 99.3 cm³/mol. The minimum absolute atomic E-state index is 0.0598. The molecule has 0 radical (unpaired) electrons. The molecule has 0 amide bonds. The highest BCUT2D eigenvalue weighted by atomic mass is 35.5. The molecule has 1 fully saturated rings. The maximum atomic E-state index is 13.9. The Hall–Kier alpha value is -1.89. The third-order valence-corrected chi connectivity index (χ3v) is 4.89. The van der Waals surface area contributed by atoms with Gasteiger partial charge in [0.2, 0.25) is 0 Å². The van der Waals surface area contributed by atoms with Crippen molar-refractivity contribution >= 4 is 11.6 Å². The smallest absolute Gasteiger partial charge is 0.105 e. The Kier molecular flexibility index (Phi) is 5.13. The van der Waals surface area contributed by atoms with Gasteiger partial charge < -0.3 is 0 Å². The Bertz CT molecular complexity index is 768. The number of hydrogen-bond donors (Lipinski definition) is 0. The SMILES string of the molecule is CC(C)(F)CC1CN(C(c2ccc(Cl)cc2)c2cccc(C#N)c2)C1. The second kappa shape index (κ2) is 7.15. The number of nitriles is 1. The normalized spacial score (nSPS) is 16.9. The average molecular weight is 357 g/mol. The first-order chi connectivity index (χ1) is 11.9. The van der Waals surface area contributed by atoms with Crippen molar-refractivity contribution in [2.75, 3.05) is 13.1 Å². The van der Waals surface area contributed by atoms with Gasteiger partial charge in [-0.15, -0.1) is 0 Å². The lowest BCUT2D eigenvalue weighted by Gasteiger charge is -2.46. The highest BCUT2D eigenvalue weighted by molar-refractivity contribution is 6.30. The molecule has 1 heterocycles. The Morgan fingerprint density at radius 1 is 1.20 bits per heavy atom. The molecule has 0 saturated carbocycles. The summed E-state index contributed by atoms with van der Waals surface area (Å²) in [6.07, 6.45) is 0.578. The van der Waals surface area contributed by atoms with Gasteiger partial charge in [-0.2, -0.15) is 5.26 Å². The molecule has 0 bridgehead atoms. The van der Waals surface area contributed by atoms with Crippen LogP contribution < -0.4 is 0 Å². The quantitative estimate of drug-likeness (QED) is 0.720. The van der Waals surface area contributed by atoms with Gasteiger partial charge in [-0.1, -0.05) is 35.9 Å². The van der Waals surface area contributed by atoms with E-state index in [1.54, 1.807) is 13.8 Å². The number of benzene rings is 2. The molecule has 0 N–H and O–H groups in total. The number of halogens is 2. The largest absolute Gasteiger partial charge is 0.292 e. The molecule has 3 rings (SSSR count). The molecule has 0 aromatic heterocycles. The average Bonchev–Trinajstić information content (AvgIpc) is 2.53. The van der Waals surface area contributed by atoms with E-state index in [4.69, 9.17) is 11.6 Å². The molecule has 130 valence electrons. The van der Waals surface area contributed by atoms with Gasteiger partial charge >= 0.3 is 0 Å². The van der Waals surface area contributed by atoms with Crippen LogP contribution in [0.3, 0.4) is 0 Å². The Morgan fingerprint density at radius 2 is 1.88 bits per heavy atom. The molecule has 1 aliphatic rings. The summed E-state index contributed by atoms with van der Waals surface area (Å²) in [7, 11) is 0. The highest BCUT2D eigenvalue weighted by Gasteiger charge is 2.37. The molecule has 1 saturated heterocycles. The minimum atomic E-state index is -1.13. The fourth-order valence-electron chi connectivity index (χ4n) is 3.67. The molecule has 2 aromatic rings. The molecule has 25 heavy (non-hydrogen) atoms. The van der Waals surface area contributed by atoms with Crippen LogP contribution >= 0.6 is 11.6 Å². The van der Waals surface area contributed by atoms with Gasteiger partial charge in [0.05, 0.1) is 17.7 Å². The van der Waals surface area contributed by atoms with E-state index >= 15 is 0 Å². The Labute approximate surface area is 153 Å². The molecule has 1 unspecified atom stereocenters. The van der Waals surface area contributed by atoms with Gasteiger partial charge in [0.25, 0.3) is 0 Å². The lowest BCUT2D eigenvalue weighted by atomic mass is 9.85. The van der Waals surface area contributed by atoms with Crippen LogP contribution in [0.5, 0.6) is 0 Å². The summed E-state index contributed by atoms with van der Waals surface area (Å²) in [6, 6.07) is 17.8. The summed E-state index contributed by atoms with van der Waals surface area (Å²) in [5, 5.41) is 9.91. The predicted octanol–water partition coefficient (Wildman–Crippen LogP) is 5.37. The van der Waals surface area contributed by atoms with Crippen LogP contribution in [0, 0.1) is 17.2 Å². The van der Waals surface area contributed by atoms with Gasteiger partial charge in [-0.05, 0) is 61.6 Å². The lowest BCUT2D eigenvalue weighted by molar-refractivity contribution is 0.0293. The van der Waals surface area contributed by atoms with E-state index in [0.717, 1.165) is 24.2 Å². The monoisotopic (exact) mass is 356 g/mol. The van der Waals surface area contributed by atoms with Crippen LogP contribution in [0.25, 0.3) is 0 Å². The van der Waals surface area contributed by atoms with Crippen molar-refractivity contribution in [1.82, 2.24) is 4.90 Å². The van der Waals surface area contributed by atoms with Crippen molar-refractivity contribution in [3.05, 3.63) is 70.2 Å². The molecular weight excluding hydrogens is 335 g/mol. The van der Waals surface area contributed by atoms with E-state index in [2.05, 4.69) is 11.0 Å². The number of nitrogens with zero attached hydrogens (tertiary/aromatic N) is 2. The lowest BCUT2D eigenvalue weighted by Crippen LogP contribution is -2.50. The van der Waals surface area contributed by atoms with Gasteiger partial charge in [0.15, 0.2) is 0 Å². The second-order valence-corrected chi connectivity index (χ2v) is 7.87. The van der Waals surface area contributed by atoms with Crippen LogP contribution in [0.15, 0.2) is 48.5 Å². The third kappa shape index (κ3) is 4.39. The summed E-state index contributed by atoms with van der Waals surface area (Å²) in [4.78, 5) is 2.34. The summed E-state index contributed by atoms with van der Waals surface area (Å²) in [6.45, 7) is 5.00. The summed E-state index contributed by atoms with van der Waals surface area (Å²) < 4.78 is 13.9. The van der Waals surface area contributed by atoms with Crippen LogP contribution in [0.2, 0.25) is 5.02 Å². The zero-order valence-electron chi connectivity index (χ0n) is 14.5. The molecular formula is C21H22ClFN2. The molecule has 0 aliphatic carbocycles. The third-order valence-electron chi connectivity index (χ3n) is 4.64. The Balaban J connectivity index is 1.86. The van der Waals surface area contributed by atoms with Crippen LogP contribution in [0.4, 0.5) is 4.39 Å². The van der Waals surface area contributed by atoms with Crippen LogP contribution in [0.1, 0.15) is 43.0 Å².